The Balaban J connectivity index is 0.00000760. The first-order valence-electron chi connectivity index (χ1n) is 14.3. The van der Waals surface area contributed by atoms with Crippen LogP contribution in [0, 0.1) is 0 Å². The molecule has 2 aromatic carbocycles. The molecular weight excluding hydrogens is 545 g/mol. The summed E-state index contributed by atoms with van der Waals surface area (Å²) in [7, 11) is -0.244. The van der Waals surface area contributed by atoms with E-state index in [4.69, 9.17) is 37.4 Å². The van der Waals surface area contributed by atoms with Crippen LogP contribution in [0.1, 0.15) is 108 Å². The molecule has 0 aliphatic heterocycles. The third-order valence-corrected chi connectivity index (χ3v) is 8.10. The van der Waals surface area contributed by atoms with Gasteiger partial charge in [0.05, 0.1) is 40.7 Å². The van der Waals surface area contributed by atoms with Gasteiger partial charge < -0.3 is 14.2 Å². The van der Waals surface area contributed by atoms with Crippen molar-refractivity contribution in [1.82, 2.24) is 0 Å². The SMILES string of the molecule is CCCCCCOc1cc(OCCCCCC)c(PC(=O)c2c(Cl)cccc2Cl)c(OCCCCCC)c1.[LiH]. The van der Waals surface area contributed by atoms with Crippen molar-refractivity contribution in [3.05, 3.63) is 45.9 Å². The van der Waals surface area contributed by atoms with Crippen LogP contribution in [0.5, 0.6) is 17.2 Å². The van der Waals surface area contributed by atoms with E-state index in [1.54, 1.807) is 18.2 Å². The van der Waals surface area contributed by atoms with Gasteiger partial charge in [-0.25, -0.2) is 0 Å². The van der Waals surface area contributed by atoms with Gasteiger partial charge in [-0.15, -0.1) is 0 Å². The quantitative estimate of drug-likeness (QED) is 0.0825. The number of carbonyl (C=O) groups excluding carboxylic acids is 1. The van der Waals surface area contributed by atoms with Crippen LogP contribution in [-0.2, 0) is 0 Å². The van der Waals surface area contributed by atoms with Gasteiger partial charge in [0.1, 0.15) is 17.2 Å². The van der Waals surface area contributed by atoms with Gasteiger partial charge in [-0.05, 0) is 40.0 Å². The molecule has 1 unspecified atom stereocenters. The van der Waals surface area contributed by atoms with Gasteiger partial charge in [0.25, 0.3) is 0 Å². The molecule has 0 saturated carbocycles. The zero-order valence-corrected chi connectivity index (χ0v) is 25.9. The van der Waals surface area contributed by atoms with Crippen molar-refractivity contribution in [1.29, 1.82) is 0 Å². The molecule has 0 aliphatic rings. The molecule has 1 atom stereocenters. The molecule has 0 fully saturated rings. The minimum absolute atomic E-state index is 0. The van der Waals surface area contributed by atoms with Crippen LogP contribution in [0.4, 0.5) is 0 Å². The van der Waals surface area contributed by atoms with E-state index in [1.165, 1.54) is 25.7 Å². The van der Waals surface area contributed by atoms with Crippen LogP contribution >= 0.6 is 31.8 Å². The van der Waals surface area contributed by atoms with Crippen molar-refractivity contribution in [3.63, 3.8) is 0 Å². The summed E-state index contributed by atoms with van der Waals surface area (Å²) in [6.07, 6.45) is 13.3. The topological polar surface area (TPSA) is 44.8 Å². The van der Waals surface area contributed by atoms with Crippen LogP contribution in [0.3, 0.4) is 0 Å². The van der Waals surface area contributed by atoms with E-state index in [-0.39, 0.29) is 33.0 Å². The summed E-state index contributed by atoms with van der Waals surface area (Å²) in [6.45, 7) is 8.38. The third kappa shape index (κ3) is 13.6. The number of hydrogen-bond acceptors (Lipinski definition) is 4. The third-order valence-electron chi connectivity index (χ3n) is 6.25. The molecule has 0 N–H and O–H groups in total. The zero-order valence-electron chi connectivity index (χ0n) is 23.4. The molecule has 4 nitrogen and oxygen atoms in total. The van der Waals surface area contributed by atoms with Crippen LogP contribution in [0.2, 0.25) is 10.0 Å². The Bertz CT molecular complexity index is 918. The van der Waals surface area contributed by atoms with E-state index in [2.05, 4.69) is 20.8 Å². The number of rotatable bonds is 21. The van der Waals surface area contributed by atoms with Crippen molar-refractivity contribution in [2.75, 3.05) is 19.8 Å². The van der Waals surface area contributed by atoms with Crippen LogP contribution in [0.25, 0.3) is 0 Å². The van der Waals surface area contributed by atoms with Gasteiger partial charge in [-0.3, -0.25) is 4.79 Å². The molecule has 214 valence electrons. The zero-order chi connectivity index (χ0) is 27.6. The Hall–Kier alpha value is -0.883. The summed E-state index contributed by atoms with van der Waals surface area (Å²) >= 11 is 12.7. The Morgan fingerprint density at radius 1 is 0.692 bits per heavy atom. The normalized spacial score (nSPS) is 11.0. The fourth-order valence-electron chi connectivity index (χ4n) is 4.03. The summed E-state index contributed by atoms with van der Waals surface area (Å²) in [4.78, 5) is 13.4. The molecule has 0 spiro atoms. The van der Waals surface area contributed by atoms with Crippen LogP contribution < -0.4 is 19.5 Å². The minimum atomic E-state index is -0.244. The molecule has 0 saturated heterocycles. The number of benzene rings is 2. The number of carbonyl (C=O) groups is 1. The van der Waals surface area contributed by atoms with E-state index in [1.807, 2.05) is 12.1 Å². The maximum atomic E-state index is 13.4. The molecule has 39 heavy (non-hydrogen) atoms. The summed E-state index contributed by atoms with van der Waals surface area (Å²) in [5, 5.41) is 1.45. The Morgan fingerprint density at radius 3 is 1.56 bits per heavy atom. The summed E-state index contributed by atoms with van der Waals surface area (Å²) < 4.78 is 18.7. The molecule has 0 amide bonds. The molecule has 0 bridgehead atoms. The standard InChI is InChI=1S/C31H45Cl2O4P.Li.H/c1-4-7-10-13-19-35-24-22-27(36-20-14-11-8-5-2)30(28(23-24)37-21-15-12-9-6-3)38-31(34)29-25(32)17-16-18-26(29)33;;/h16-18,22-23,38H,4-15,19-21H2,1-3H3;;. The second kappa shape index (κ2) is 21.8. The van der Waals surface area contributed by atoms with Crippen molar-refractivity contribution in [2.24, 2.45) is 0 Å². The Labute approximate surface area is 260 Å². The number of halogens is 2. The fraction of sp³-hybridized carbons (Fsp3) is 0.581. The average Bonchev–Trinajstić information content (AvgIpc) is 2.89. The fourth-order valence-corrected chi connectivity index (χ4v) is 5.92. The second-order valence-corrected chi connectivity index (χ2v) is 11.6. The van der Waals surface area contributed by atoms with Crippen molar-refractivity contribution in [2.45, 2.75) is 97.8 Å². The molecule has 2 aromatic rings. The van der Waals surface area contributed by atoms with Gasteiger partial charge >= 0.3 is 18.9 Å². The molecule has 0 heterocycles. The van der Waals surface area contributed by atoms with Crippen molar-refractivity contribution >= 4 is 61.5 Å². The molecule has 0 aliphatic carbocycles. The van der Waals surface area contributed by atoms with E-state index in [9.17, 15) is 4.79 Å². The maximum absolute atomic E-state index is 13.4. The predicted octanol–water partition coefficient (Wildman–Crippen LogP) is 9.37. The number of unbranched alkanes of at least 4 members (excludes halogenated alkanes) is 9. The second-order valence-electron chi connectivity index (χ2n) is 9.57. The molecule has 0 aromatic heterocycles. The summed E-state index contributed by atoms with van der Waals surface area (Å²) in [5.74, 6) is 2.00. The molecular formula is C31H46Cl2LiO4P. The van der Waals surface area contributed by atoms with Gasteiger partial charge in [0, 0.05) is 12.1 Å². The first-order valence-corrected chi connectivity index (χ1v) is 16.1. The van der Waals surface area contributed by atoms with Crippen molar-refractivity contribution in [3.8, 4) is 17.2 Å². The van der Waals surface area contributed by atoms with E-state index >= 15 is 0 Å². The van der Waals surface area contributed by atoms with E-state index < -0.39 is 0 Å². The van der Waals surface area contributed by atoms with Gasteiger partial charge in [-0.2, -0.15) is 0 Å². The number of ether oxygens (including phenoxy) is 3. The molecule has 2 rings (SSSR count). The van der Waals surface area contributed by atoms with Crippen molar-refractivity contribution < 1.29 is 19.0 Å². The predicted molar refractivity (Wildman–Crippen MR) is 171 cm³/mol. The van der Waals surface area contributed by atoms with Crippen LogP contribution in [0.15, 0.2) is 30.3 Å². The van der Waals surface area contributed by atoms with E-state index in [0.717, 1.165) is 56.7 Å². The van der Waals surface area contributed by atoms with Gasteiger partial charge in [0.2, 0.25) is 0 Å². The average molecular weight is 592 g/mol. The van der Waals surface area contributed by atoms with Crippen LogP contribution in [-0.4, -0.2) is 44.2 Å². The van der Waals surface area contributed by atoms with Gasteiger partial charge in [0.15, 0.2) is 5.52 Å². The molecule has 0 radical (unpaired) electrons. The first kappa shape index (κ1) is 36.1. The molecule has 8 heteroatoms. The monoisotopic (exact) mass is 590 g/mol. The summed E-state index contributed by atoms with van der Waals surface area (Å²) in [5.41, 5.74) is 0.203. The van der Waals surface area contributed by atoms with Gasteiger partial charge in [-0.1, -0.05) is 108 Å². The van der Waals surface area contributed by atoms with E-state index in [0.29, 0.717) is 52.7 Å². The first-order chi connectivity index (χ1) is 18.5. The Kier molecular flexibility index (Phi) is 20.2. The summed E-state index contributed by atoms with van der Waals surface area (Å²) in [6, 6.07) is 8.95. The Morgan fingerprint density at radius 2 is 1.13 bits per heavy atom. The number of hydrogen-bond donors (Lipinski definition) is 0.